The molecule has 2 aliphatic heterocycles. The Labute approximate surface area is 174 Å². The Morgan fingerprint density at radius 3 is 2.52 bits per heavy atom. The Hall–Kier alpha value is -2.59. The van der Waals surface area contributed by atoms with Crippen LogP contribution in [0.1, 0.15) is 36.1 Å². The first-order chi connectivity index (χ1) is 14.0. The van der Waals surface area contributed by atoms with Crippen molar-refractivity contribution in [3.8, 4) is 6.07 Å². The lowest BCUT2D eigenvalue weighted by Crippen LogP contribution is -2.56. The monoisotopic (exact) mass is 410 g/mol. The summed E-state index contributed by atoms with van der Waals surface area (Å²) in [6.07, 6.45) is 3.71. The number of halogens is 1. The third kappa shape index (κ3) is 4.23. The highest BCUT2D eigenvalue weighted by molar-refractivity contribution is 8.00. The molecule has 1 aromatic heterocycles. The van der Waals surface area contributed by atoms with E-state index < -0.39 is 0 Å². The number of aromatic nitrogens is 1. The zero-order valence-corrected chi connectivity index (χ0v) is 17.1. The summed E-state index contributed by atoms with van der Waals surface area (Å²) in [4.78, 5) is 21.6. The van der Waals surface area contributed by atoms with E-state index in [0.29, 0.717) is 24.4 Å². The molecule has 4 rings (SSSR count). The van der Waals surface area contributed by atoms with E-state index in [4.69, 9.17) is 5.26 Å². The van der Waals surface area contributed by atoms with Crippen LogP contribution in [0.5, 0.6) is 0 Å². The van der Waals surface area contributed by atoms with Gasteiger partial charge in [-0.15, -0.1) is 11.8 Å². The number of hydrogen-bond donors (Lipinski definition) is 0. The predicted molar refractivity (Wildman–Crippen MR) is 112 cm³/mol. The first-order valence-corrected chi connectivity index (χ1v) is 10.9. The summed E-state index contributed by atoms with van der Waals surface area (Å²) in [5.74, 6) is 1.23. The summed E-state index contributed by atoms with van der Waals surface area (Å²) in [7, 11) is 0. The van der Waals surface area contributed by atoms with Gasteiger partial charge in [0.25, 0.3) is 0 Å². The van der Waals surface area contributed by atoms with E-state index in [-0.39, 0.29) is 29.1 Å². The van der Waals surface area contributed by atoms with Crippen molar-refractivity contribution >= 4 is 23.5 Å². The Morgan fingerprint density at radius 1 is 1.24 bits per heavy atom. The van der Waals surface area contributed by atoms with E-state index in [1.165, 1.54) is 12.1 Å². The molecule has 7 heteroatoms. The Bertz CT molecular complexity index is 898. The van der Waals surface area contributed by atoms with Gasteiger partial charge in [0.05, 0.1) is 11.3 Å². The van der Waals surface area contributed by atoms with Crippen molar-refractivity contribution in [1.29, 1.82) is 5.26 Å². The largest absolute Gasteiger partial charge is 0.347 e. The van der Waals surface area contributed by atoms with Crippen LogP contribution in [0.4, 0.5) is 10.2 Å². The number of nitriles is 1. The summed E-state index contributed by atoms with van der Waals surface area (Å²) >= 11 is 1.59. The van der Waals surface area contributed by atoms with Gasteiger partial charge in [0, 0.05) is 36.6 Å². The number of fused-ring (bicyclic) bond motifs is 2. The lowest BCUT2D eigenvalue weighted by Gasteiger charge is -2.41. The number of amides is 1. The number of pyridine rings is 1. The fraction of sp³-hybridized carbons (Fsp3) is 0.409. The smallest absolute Gasteiger partial charge is 0.232 e. The lowest BCUT2D eigenvalue weighted by molar-refractivity contribution is -0.129. The van der Waals surface area contributed by atoms with Crippen LogP contribution in [0.3, 0.4) is 0 Å². The summed E-state index contributed by atoms with van der Waals surface area (Å²) in [5, 5.41) is 9.10. The first-order valence-electron chi connectivity index (χ1n) is 9.84. The molecule has 0 saturated carbocycles. The number of hydrogen-bond acceptors (Lipinski definition) is 5. The molecule has 3 atom stereocenters. The standard InChI is InChI=1S/C22H23FN4OS/c1-15(17-3-5-18(23)6-4-17)29-14-22(28)26-12-19-7-8-20(13-26)27(19)21-9-2-16(10-24)11-25-21/h2-6,9,11,15,19-20H,7-8,12-14H2,1H3/t15?,19-,20?/m0/s1. The van der Waals surface area contributed by atoms with Crippen LogP contribution in [-0.2, 0) is 4.79 Å². The van der Waals surface area contributed by atoms with Gasteiger partial charge in [-0.2, -0.15) is 5.26 Å². The Balaban J connectivity index is 1.35. The molecule has 3 heterocycles. The number of carbonyl (C=O) groups is 1. The maximum absolute atomic E-state index is 13.1. The molecule has 0 radical (unpaired) electrons. The van der Waals surface area contributed by atoms with Gasteiger partial charge in [-0.05, 0) is 49.6 Å². The molecule has 150 valence electrons. The highest BCUT2D eigenvalue weighted by atomic mass is 32.2. The van der Waals surface area contributed by atoms with Crippen molar-refractivity contribution in [2.24, 2.45) is 0 Å². The summed E-state index contributed by atoms with van der Waals surface area (Å²) in [5.41, 5.74) is 1.59. The number of anilines is 1. The number of piperazine rings is 1. The van der Waals surface area contributed by atoms with E-state index >= 15 is 0 Å². The van der Waals surface area contributed by atoms with E-state index in [1.54, 1.807) is 36.2 Å². The van der Waals surface area contributed by atoms with Crippen molar-refractivity contribution in [1.82, 2.24) is 9.88 Å². The zero-order valence-electron chi connectivity index (χ0n) is 16.3. The van der Waals surface area contributed by atoms with E-state index in [9.17, 15) is 9.18 Å². The van der Waals surface area contributed by atoms with Crippen molar-refractivity contribution in [2.75, 3.05) is 23.7 Å². The molecule has 2 fully saturated rings. The summed E-state index contributed by atoms with van der Waals surface area (Å²) in [6, 6.07) is 12.8. The zero-order chi connectivity index (χ0) is 20.4. The second kappa shape index (κ2) is 8.42. The SMILES string of the molecule is CC(SCC(=O)N1CC2CC[C@@H](C1)N2c1ccc(C#N)cn1)c1ccc(F)cc1. The van der Waals surface area contributed by atoms with E-state index in [0.717, 1.165) is 24.2 Å². The van der Waals surface area contributed by atoms with Crippen molar-refractivity contribution in [3.63, 3.8) is 0 Å². The maximum Gasteiger partial charge on any atom is 0.232 e. The molecule has 2 bridgehead atoms. The van der Waals surface area contributed by atoms with Crippen molar-refractivity contribution < 1.29 is 9.18 Å². The first kappa shape index (κ1) is 19.7. The van der Waals surface area contributed by atoms with Gasteiger partial charge in [0.2, 0.25) is 5.91 Å². The van der Waals surface area contributed by atoms with Crippen molar-refractivity contribution in [3.05, 3.63) is 59.5 Å². The van der Waals surface area contributed by atoms with Gasteiger partial charge in [0.1, 0.15) is 17.7 Å². The van der Waals surface area contributed by atoms with Crippen molar-refractivity contribution in [2.45, 2.75) is 37.1 Å². The van der Waals surface area contributed by atoms with Gasteiger partial charge in [-0.3, -0.25) is 4.79 Å². The van der Waals surface area contributed by atoms with Crippen LogP contribution >= 0.6 is 11.8 Å². The molecule has 2 aliphatic rings. The Morgan fingerprint density at radius 2 is 1.93 bits per heavy atom. The third-order valence-corrected chi connectivity index (χ3v) is 6.96. The number of thioether (sulfide) groups is 1. The molecule has 2 saturated heterocycles. The van der Waals surface area contributed by atoms with Crippen LogP contribution in [0, 0.1) is 17.1 Å². The quantitative estimate of drug-likeness (QED) is 0.751. The molecule has 0 N–H and O–H groups in total. The normalized spacial score (nSPS) is 21.7. The molecule has 5 nitrogen and oxygen atoms in total. The molecule has 0 aliphatic carbocycles. The van der Waals surface area contributed by atoms with Crippen LogP contribution in [0.15, 0.2) is 42.6 Å². The number of benzene rings is 1. The van der Waals surface area contributed by atoms with E-state index in [2.05, 4.69) is 16.0 Å². The molecular weight excluding hydrogens is 387 g/mol. The molecule has 1 amide bonds. The minimum Gasteiger partial charge on any atom is -0.347 e. The van der Waals surface area contributed by atoms with Gasteiger partial charge in [-0.25, -0.2) is 9.37 Å². The molecule has 29 heavy (non-hydrogen) atoms. The van der Waals surface area contributed by atoms with Gasteiger partial charge < -0.3 is 9.80 Å². The average Bonchev–Trinajstić information content (AvgIpc) is 3.01. The molecular formula is C22H23FN4OS. The fourth-order valence-corrected chi connectivity index (χ4v) is 5.13. The van der Waals surface area contributed by atoms with E-state index in [1.807, 2.05) is 17.9 Å². The topological polar surface area (TPSA) is 60.2 Å². The van der Waals surface area contributed by atoms with Crippen LogP contribution in [0.25, 0.3) is 0 Å². The minimum atomic E-state index is -0.243. The Kier molecular flexibility index (Phi) is 5.72. The highest BCUT2D eigenvalue weighted by Gasteiger charge is 2.41. The van der Waals surface area contributed by atoms with Gasteiger partial charge >= 0.3 is 0 Å². The maximum atomic E-state index is 13.1. The molecule has 2 unspecified atom stereocenters. The summed E-state index contributed by atoms with van der Waals surface area (Å²) < 4.78 is 13.1. The fourth-order valence-electron chi connectivity index (χ4n) is 4.20. The number of carbonyl (C=O) groups excluding carboxylic acids is 1. The number of rotatable bonds is 5. The predicted octanol–water partition coefficient (Wildman–Crippen LogP) is 3.77. The number of nitrogens with zero attached hydrogens (tertiary/aromatic N) is 4. The second-order valence-corrected chi connectivity index (χ2v) is 8.94. The summed E-state index contributed by atoms with van der Waals surface area (Å²) in [6.45, 7) is 3.47. The average molecular weight is 411 g/mol. The second-order valence-electron chi connectivity index (χ2n) is 7.61. The van der Waals surface area contributed by atoms with Crippen LogP contribution in [0.2, 0.25) is 0 Å². The highest BCUT2D eigenvalue weighted by Crippen LogP contribution is 2.35. The van der Waals surface area contributed by atoms with Gasteiger partial charge in [-0.1, -0.05) is 12.1 Å². The molecule has 0 spiro atoms. The van der Waals surface area contributed by atoms with Crippen LogP contribution < -0.4 is 4.90 Å². The molecule has 1 aromatic carbocycles. The lowest BCUT2D eigenvalue weighted by atomic mass is 10.1. The minimum absolute atomic E-state index is 0.139. The third-order valence-electron chi connectivity index (χ3n) is 5.77. The van der Waals surface area contributed by atoms with Gasteiger partial charge in [0.15, 0.2) is 0 Å². The number of likely N-dealkylation sites (tertiary alicyclic amines) is 1. The molecule has 2 aromatic rings. The van der Waals surface area contributed by atoms with Crippen LogP contribution in [-0.4, -0.2) is 46.7 Å².